The lowest BCUT2D eigenvalue weighted by molar-refractivity contribution is -0.139. The van der Waals surface area contributed by atoms with Crippen LogP contribution in [0.25, 0.3) is 0 Å². The van der Waals surface area contributed by atoms with E-state index in [0.29, 0.717) is 25.6 Å². The molecule has 0 aromatic carbocycles. The Morgan fingerprint density at radius 1 is 1.28 bits per heavy atom. The first-order valence-corrected chi connectivity index (χ1v) is 12.2. The number of nitrogens with one attached hydrogen (secondary N) is 2. The number of carbonyl (C=O) groups excluding carboxylic acids is 1. The summed E-state index contributed by atoms with van der Waals surface area (Å²) in [5.74, 6) is 0.0362. The fourth-order valence-electron chi connectivity index (χ4n) is 4.09. The number of aromatic nitrogens is 1. The summed E-state index contributed by atoms with van der Waals surface area (Å²) in [6.07, 6.45) is 9.11. The Kier molecular flexibility index (Phi) is 9.59. The number of carboxylic acids is 1. The number of carbonyl (C=O) groups is 2. The number of alkyl carbamates (subject to hydrolysis) is 1. The van der Waals surface area contributed by atoms with Crippen molar-refractivity contribution in [2.45, 2.75) is 83.2 Å². The Labute approximate surface area is 191 Å². The largest absolute Gasteiger partial charge is 0.480 e. The molecule has 1 amide bonds. The molecule has 0 saturated heterocycles. The number of nitrogens with zero attached hydrogens (tertiary/aromatic N) is 2. The maximum atomic E-state index is 11.8. The quantitative estimate of drug-likeness (QED) is 0.375. The second-order valence-electron chi connectivity index (χ2n) is 8.88. The lowest BCUT2D eigenvalue weighted by Gasteiger charge is -2.24. The van der Waals surface area contributed by atoms with Gasteiger partial charge in [-0.3, -0.25) is 0 Å². The Bertz CT molecular complexity index is 754. The molecule has 1 aromatic heterocycles. The number of aryl methyl sites for hydroxylation is 2. The third kappa shape index (κ3) is 7.97. The van der Waals surface area contributed by atoms with E-state index in [1.165, 1.54) is 24.8 Å². The highest BCUT2D eigenvalue weighted by Crippen LogP contribution is 2.27. The normalized spacial score (nSPS) is 16.2. The molecule has 2 heterocycles. The van der Waals surface area contributed by atoms with Crippen molar-refractivity contribution in [3.05, 3.63) is 23.4 Å². The lowest BCUT2D eigenvalue weighted by atomic mass is 10.1. The summed E-state index contributed by atoms with van der Waals surface area (Å²) in [5, 5.41) is 15.4. The van der Waals surface area contributed by atoms with Gasteiger partial charge in [-0.15, -0.1) is 0 Å². The van der Waals surface area contributed by atoms with Crippen LogP contribution < -0.4 is 10.6 Å². The molecule has 0 bridgehead atoms. The van der Waals surface area contributed by atoms with Crippen molar-refractivity contribution in [3.63, 3.8) is 0 Å². The van der Waals surface area contributed by atoms with Gasteiger partial charge >= 0.3 is 12.1 Å². The third-order valence-corrected chi connectivity index (χ3v) is 6.17. The first kappa shape index (κ1) is 24.3. The SMILES string of the molecule is CCCCOC(=O)NC(CCN(CCCCc1ccc2c(n1)NCCC2)C1CC1)C(=O)O. The molecule has 0 spiro atoms. The van der Waals surface area contributed by atoms with Gasteiger partial charge in [0.2, 0.25) is 0 Å². The summed E-state index contributed by atoms with van der Waals surface area (Å²) < 4.78 is 5.05. The second kappa shape index (κ2) is 12.6. The predicted octanol–water partition coefficient (Wildman–Crippen LogP) is 3.60. The summed E-state index contributed by atoms with van der Waals surface area (Å²) >= 11 is 0. The Morgan fingerprint density at radius 2 is 2.12 bits per heavy atom. The van der Waals surface area contributed by atoms with Gasteiger partial charge in [-0.25, -0.2) is 14.6 Å². The molecular formula is C24H38N4O4. The number of ether oxygens (including phenoxy) is 1. The van der Waals surface area contributed by atoms with Crippen LogP contribution in [0.15, 0.2) is 12.1 Å². The van der Waals surface area contributed by atoms with Crippen LogP contribution in [0.5, 0.6) is 0 Å². The molecule has 32 heavy (non-hydrogen) atoms. The van der Waals surface area contributed by atoms with Crippen LogP contribution >= 0.6 is 0 Å². The van der Waals surface area contributed by atoms with Crippen molar-refractivity contribution in [3.8, 4) is 0 Å². The minimum atomic E-state index is -1.01. The van der Waals surface area contributed by atoms with E-state index in [4.69, 9.17) is 9.72 Å². The van der Waals surface area contributed by atoms with E-state index in [0.717, 1.165) is 63.1 Å². The first-order valence-electron chi connectivity index (χ1n) is 12.2. The van der Waals surface area contributed by atoms with Crippen LogP contribution in [-0.2, 0) is 22.4 Å². The van der Waals surface area contributed by atoms with E-state index in [-0.39, 0.29) is 0 Å². The molecule has 1 unspecified atom stereocenters. The van der Waals surface area contributed by atoms with Gasteiger partial charge in [0.1, 0.15) is 11.9 Å². The van der Waals surface area contributed by atoms with Crippen LogP contribution in [0, 0.1) is 0 Å². The summed E-state index contributed by atoms with van der Waals surface area (Å²) in [6.45, 7) is 4.94. The number of fused-ring (bicyclic) bond motifs is 1. The number of pyridine rings is 1. The van der Waals surface area contributed by atoms with Gasteiger partial charge < -0.3 is 25.4 Å². The third-order valence-electron chi connectivity index (χ3n) is 6.17. The standard InChI is InChI=1S/C24H38N4O4/c1-2-3-17-32-24(31)27-21(23(29)30)13-16-28(20-11-12-20)15-5-4-8-19-10-9-18-7-6-14-25-22(18)26-19/h9-10,20-21H,2-8,11-17H2,1H3,(H,25,26)(H,27,31)(H,29,30). The fourth-order valence-corrected chi connectivity index (χ4v) is 4.09. The highest BCUT2D eigenvalue weighted by atomic mass is 16.5. The maximum absolute atomic E-state index is 11.8. The van der Waals surface area contributed by atoms with Gasteiger partial charge in [-0.1, -0.05) is 19.4 Å². The molecule has 1 aliphatic heterocycles. The number of hydrogen-bond donors (Lipinski definition) is 3. The molecule has 3 N–H and O–H groups in total. The van der Waals surface area contributed by atoms with E-state index in [2.05, 4.69) is 27.7 Å². The van der Waals surface area contributed by atoms with Crippen molar-refractivity contribution < 1.29 is 19.4 Å². The smallest absolute Gasteiger partial charge is 0.407 e. The molecule has 1 fully saturated rings. The highest BCUT2D eigenvalue weighted by molar-refractivity contribution is 5.79. The van der Waals surface area contributed by atoms with Crippen LogP contribution in [0.3, 0.4) is 0 Å². The maximum Gasteiger partial charge on any atom is 0.407 e. The average Bonchev–Trinajstić information content (AvgIpc) is 3.63. The molecule has 3 rings (SSSR count). The van der Waals surface area contributed by atoms with Crippen LogP contribution in [-0.4, -0.2) is 65.4 Å². The molecule has 1 atom stereocenters. The molecule has 1 aromatic rings. The molecule has 0 radical (unpaired) electrons. The topological polar surface area (TPSA) is 104 Å². The zero-order valence-electron chi connectivity index (χ0n) is 19.3. The summed E-state index contributed by atoms with van der Waals surface area (Å²) in [6, 6.07) is 3.98. The molecule has 2 aliphatic rings. The van der Waals surface area contributed by atoms with Gasteiger partial charge in [-0.2, -0.15) is 0 Å². The Hall–Kier alpha value is -2.35. The van der Waals surface area contributed by atoms with Gasteiger partial charge in [-0.05, 0) is 76.0 Å². The number of aliphatic carboxylic acids is 1. The van der Waals surface area contributed by atoms with Crippen LogP contribution in [0.1, 0.15) is 69.5 Å². The number of rotatable bonds is 14. The van der Waals surface area contributed by atoms with Crippen LogP contribution in [0.4, 0.5) is 10.6 Å². The van der Waals surface area contributed by atoms with Crippen molar-refractivity contribution >= 4 is 17.9 Å². The monoisotopic (exact) mass is 446 g/mol. The summed E-state index contributed by atoms with van der Waals surface area (Å²) in [7, 11) is 0. The molecule has 8 heteroatoms. The van der Waals surface area contributed by atoms with Crippen LogP contribution in [0.2, 0.25) is 0 Å². The van der Waals surface area contributed by atoms with Gasteiger partial charge in [0.05, 0.1) is 6.61 Å². The summed E-state index contributed by atoms with van der Waals surface area (Å²) in [4.78, 5) is 30.6. The highest BCUT2D eigenvalue weighted by Gasteiger charge is 2.30. The minimum Gasteiger partial charge on any atom is -0.480 e. The van der Waals surface area contributed by atoms with E-state index < -0.39 is 18.1 Å². The zero-order chi connectivity index (χ0) is 22.8. The number of hydrogen-bond acceptors (Lipinski definition) is 6. The van der Waals surface area contributed by atoms with Gasteiger partial charge in [0.15, 0.2) is 0 Å². The van der Waals surface area contributed by atoms with E-state index in [9.17, 15) is 14.7 Å². The van der Waals surface area contributed by atoms with Crippen molar-refractivity contribution in [2.24, 2.45) is 0 Å². The second-order valence-corrected chi connectivity index (χ2v) is 8.88. The first-order chi connectivity index (χ1) is 15.6. The van der Waals surface area contributed by atoms with Gasteiger partial charge in [0, 0.05) is 24.8 Å². The average molecular weight is 447 g/mol. The molecule has 1 saturated carbocycles. The Balaban J connectivity index is 1.39. The Morgan fingerprint density at radius 3 is 2.88 bits per heavy atom. The lowest BCUT2D eigenvalue weighted by Crippen LogP contribution is -2.43. The van der Waals surface area contributed by atoms with E-state index >= 15 is 0 Å². The number of carboxylic acid groups (broad SMARTS) is 1. The summed E-state index contributed by atoms with van der Waals surface area (Å²) in [5.41, 5.74) is 2.45. The van der Waals surface area contributed by atoms with E-state index in [1.54, 1.807) is 0 Å². The number of anilines is 1. The van der Waals surface area contributed by atoms with Gasteiger partial charge in [0.25, 0.3) is 0 Å². The van der Waals surface area contributed by atoms with Crippen molar-refractivity contribution in [1.82, 2.24) is 15.2 Å². The molecule has 178 valence electrons. The zero-order valence-corrected chi connectivity index (χ0v) is 19.3. The number of amides is 1. The minimum absolute atomic E-state index is 0.317. The molecular weight excluding hydrogens is 408 g/mol. The predicted molar refractivity (Wildman–Crippen MR) is 124 cm³/mol. The number of unbranched alkanes of at least 4 members (excludes halogenated alkanes) is 2. The molecule has 1 aliphatic carbocycles. The van der Waals surface area contributed by atoms with Crippen molar-refractivity contribution in [1.29, 1.82) is 0 Å². The molecule has 8 nitrogen and oxygen atoms in total. The fraction of sp³-hybridized carbons (Fsp3) is 0.708. The van der Waals surface area contributed by atoms with Crippen molar-refractivity contribution in [2.75, 3.05) is 31.6 Å². The van der Waals surface area contributed by atoms with E-state index in [1.807, 2.05) is 6.92 Å².